The highest BCUT2D eigenvalue weighted by molar-refractivity contribution is 5.87. The number of carbonyl (C=O) groups is 2. The summed E-state index contributed by atoms with van der Waals surface area (Å²) in [5, 5.41) is 8.87. The number of amides is 1. The lowest BCUT2D eigenvalue weighted by Crippen LogP contribution is -2.31. The molecule has 0 fully saturated rings. The lowest BCUT2D eigenvalue weighted by atomic mass is 10.1. The average Bonchev–Trinajstić information content (AvgIpc) is 2.60. The minimum absolute atomic E-state index is 0.0372. The maximum Gasteiger partial charge on any atom is 0.335 e. The fourth-order valence-electron chi connectivity index (χ4n) is 2.39. The van der Waals surface area contributed by atoms with E-state index in [1.807, 2.05) is 31.2 Å². The molecule has 0 aliphatic rings. The summed E-state index contributed by atoms with van der Waals surface area (Å²) in [6, 6.07) is 14.4. The van der Waals surface area contributed by atoms with Gasteiger partial charge in [0.25, 0.3) is 0 Å². The third-order valence-corrected chi connectivity index (χ3v) is 3.94. The molecule has 0 unspecified atom stereocenters. The Morgan fingerprint density at radius 2 is 1.84 bits per heavy atom. The van der Waals surface area contributed by atoms with Crippen LogP contribution in [0.5, 0.6) is 5.75 Å². The third-order valence-electron chi connectivity index (χ3n) is 3.94. The van der Waals surface area contributed by atoms with Gasteiger partial charge in [-0.15, -0.1) is 0 Å². The first-order valence-electron chi connectivity index (χ1n) is 8.21. The first kappa shape index (κ1) is 18.5. The Balaban J connectivity index is 1.73. The summed E-state index contributed by atoms with van der Waals surface area (Å²) in [6.45, 7) is 2.97. The SMILES string of the molecule is Cc1cccc(OCCN(C)C(=O)CCc2ccc(C(=O)O)cc2)c1. The van der Waals surface area contributed by atoms with Crippen LogP contribution in [0.15, 0.2) is 48.5 Å². The second-order valence-corrected chi connectivity index (χ2v) is 5.98. The molecule has 0 spiro atoms. The lowest BCUT2D eigenvalue weighted by molar-refractivity contribution is -0.130. The Kier molecular flexibility index (Phi) is 6.57. The van der Waals surface area contributed by atoms with Crippen LogP contribution in [0, 0.1) is 6.92 Å². The summed E-state index contributed by atoms with van der Waals surface area (Å²) >= 11 is 0. The molecule has 132 valence electrons. The molecule has 0 radical (unpaired) electrons. The maximum atomic E-state index is 12.2. The first-order chi connectivity index (χ1) is 12.0. The van der Waals surface area contributed by atoms with E-state index in [4.69, 9.17) is 9.84 Å². The average molecular weight is 341 g/mol. The molecule has 0 aromatic heterocycles. The van der Waals surface area contributed by atoms with Crippen molar-refractivity contribution in [1.82, 2.24) is 4.90 Å². The van der Waals surface area contributed by atoms with Gasteiger partial charge < -0.3 is 14.7 Å². The van der Waals surface area contributed by atoms with Gasteiger partial charge in [-0.05, 0) is 48.7 Å². The van der Waals surface area contributed by atoms with Crippen LogP contribution < -0.4 is 4.74 Å². The molecule has 2 rings (SSSR count). The van der Waals surface area contributed by atoms with Crippen LogP contribution >= 0.6 is 0 Å². The van der Waals surface area contributed by atoms with Crippen molar-refractivity contribution < 1.29 is 19.4 Å². The summed E-state index contributed by atoms with van der Waals surface area (Å²) in [6.07, 6.45) is 0.967. The fraction of sp³-hybridized carbons (Fsp3) is 0.300. The van der Waals surface area contributed by atoms with Crippen molar-refractivity contribution >= 4 is 11.9 Å². The van der Waals surface area contributed by atoms with Crippen molar-refractivity contribution in [3.05, 3.63) is 65.2 Å². The monoisotopic (exact) mass is 341 g/mol. The second kappa shape index (κ2) is 8.87. The van der Waals surface area contributed by atoms with Gasteiger partial charge in [-0.25, -0.2) is 4.79 Å². The molecular weight excluding hydrogens is 318 g/mol. The Bertz CT molecular complexity index is 725. The number of nitrogens with zero attached hydrogens (tertiary/aromatic N) is 1. The molecule has 1 amide bonds. The van der Waals surface area contributed by atoms with Gasteiger partial charge in [-0.1, -0.05) is 24.3 Å². The highest BCUT2D eigenvalue weighted by Crippen LogP contribution is 2.12. The highest BCUT2D eigenvalue weighted by Gasteiger charge is 2.09. The number of ether oxygens (including phenoxy) is 1. The van der Waals surface area contributed by atoms with Crippen LogP contribution in [-0.4, -0.2) is 42.1 Å². The van der Waals surface area contributed by atoms with Crippen molar-refractivity contribution in [2.24, 2.45) is 0 Å². The van der Waals surface area contributed by atoms with E-state index >= 15 is 0 Å². The van der Waals surface area contributed by atoms with Crippen molar-refractivity contribution in [2.45, 2.75) is 19.8 Å². The Hall–Kier alpha value is -2.82. The largest absolute Gasteiger partial charge is 0.492 e. The number of benzene rings is 2. The van der Waals surface area contributed by atoms with E-state index in [0.717, 1.165) is 16.9 Å². The van der Waals surface area contributed by atoms with Crippen LogP contribution in [0.1, 0.15) is 27.9 Å². The van der Waals surface area contributed by atoms with E-state index in [0.29, 0.717) is 26.0 Å². The molecule has 0 saturated heterocycles. The fourth-order valence-corrected chi connectivity index (χ4v) is 2.39. The zero-order chi connectivity index (χ0) is 18.2. The maximum absolute atomic E-state index is 12.2. The number of aryl methyl sites for hydroxylation is 2. The molecule has 0 bridgehead atoms. The van der Waals surface area contributed by atoms with Gasteiger partial charge in [0.1, 0.15) is 12.4 Å². The molecule has 1 N–H and O–H groups in total. The number of carboxylic acid groups (broad SMARTS) is 1. The van der Waals surface area contributed by atoms with E-state index in [2.05, 4.69) is 0 Å². The minimum atomic E-state index is -0.948. The van der Waals surface area contributed by atoms with Gasteiger partial charge in [0.05, 0.1) is 12.1 Å². The van der Waals surface area contributed by atoms with E-state index < -0.39 is 5.97 Å². The Labute approximate surface area is 147 Å². The summed E-state index contributed by atoms with van der Waals surface area (Å²) in [5.74, 6) is -0.106. The summed E-state index contributed by atoms with van der Waals surface area (Å²) < 4.78 is 5.66. The van der Waals surface area contributed by atoms with Gasteiger partial charge in [0.15, 0.2) is 0 Å². The third kappa shape index (κ3) is 5.95. The molecule has 0 heterocycles. The molecule has 25 heavy (non-hydrogen) atoms. The summed E-state index contributed by atoms with van der Waals surface area (Å²) in [7, 11) is 1.76. The molecule has 5 nitrogen and oxygen atoms in total. The van der Waals surface area contributed by atoms with Crippen LogP contribution in [0.4, 0.5) is 0 Å². The van der Waals surface area contributed by atoms with Gasteiger partial charge in [-0.3, -0.25) is 4.79 Å². The van der Waals surface area contributed by atoms with Gasteiger partial charge >= 0.3 is 5.97 Å². The number of hydrogen-bond acceptors (Lipinski definition) is 3. The minimum Gasteiger partial charge on any atom is -0.492 e. The van der Waals surface area contributed by atoms with Gasteiger partial charge in [0.2, 0.25) is 5.91 Å². The van der Waals surface area contributed by atoms with Gasteiger partial charge in [0, 0.05) is 13.5 Å². The molecular formula is C20H23NO4. The van der Waals surface area contributed by atoms with E-state index in [9.17, 15) is 9.59 Å². The van der Waals surface area contributed by atoms with E-state index in [1.54, 1.807) is 36.2 Å². The van der Waals surface area contributed by atoms with E-state index in [-0.39, 0.29) is 11.5 Å². The van der Waals surface area contributed by atoms with Crippen molar-refractivity contribution in [1.29, 1.82) is 0 Å². The van der Waals surface area contributed by atoms with E-state index in [1.165, 1.54) is 0 Å². The number of carbonyl (C=O) groups excluding carboxylic acids is 1. The number of hydrogen-bond donors (Lipinski definition) is 1. The lowest BCUT2D eigenvalue weighted by Gasteiger charge is -2.17. The zero-order valence-electron chi connectivity index (χ0n) is 14.6. The topological polar surface area (TPSA) is 66.8 Å². The number of carboxylic acids is 1. The highest BCUT2D eigenvalue weighted by atomic mass is 16.5. The van der Waals surface area contributed by atoms with Crippen LogP contribution in [0.25, 0.3) is 0 Å². The molecule has 2 aromatic rings. The Morgan fingerprint density at radius 3 is 2.48 bits per heavy atom. The van der Waals surface area contributed by atoms with Crippen LogP contribution in [0.3, 0.4) is 0 Å². The molecule has 0 atom stereocenters. The van der Waals surface area contributed by atoms with Crippen molar-refractivity contribution in [2.75, 3.05) is 20.2 Å². The van der Waals surface area contributed by atoms with Crippen molar-refractivity contribution in [3.8, 4) is 5.75 Å². The molecule has 2 aromatic carbocycles. The molecule has 0 aliphatic carbocycles. The summed E-state index contributed by atoms with van der Waals surface area (Å²) in [4.78, 5) is 24.6. The van der Waals surface area contributed by atoms with Crippen molar-refractivity contribution in [3.63, 3.8) is 0 Å². The number of likely N-dealkylation sites (N-methyl/N-ethyl adjacent to an activating group) is 1. The normalized spacial score (nSPS) is 10.3. The first-order valence-corrected chi connectivity index (χ1v) is 8.21. The Morgan fingerprint density at radius 1 is 1.12 bits per heavy atom. The van der Waals surface area contributed by atoms with Crippen LogP contribution in [-0.2, 0) is 11.2 Å². The predicted molar refractivity (Wildman–Crippen MR) is 96.0 cm³/mol. The molecule has 5 heteroatoms. The van der Waals surface area contributed by atoms with Crippen LogP contribution in [0.2, 0.25) is 0 Å². The number of rotatable bonds is 8. The second-order valence-electron chi connectivity index (χ2n) is 5.98. The number of aromatic carboxylic acids is 1. The predicted octanol–water partition coefficient (Wildman–Crippen LogP) is 3.16. The molecule has 0 saturated carbocycles. The quantitative estimate of drug-likeness (QED) is 0.801. The zero-order valence-corrected chi connectivity index (χ0v) is 14.6. The standard InChI is InChI=1S/C20H23NO4/c1-15-4-3-5-18(14-15)25-13-12-21(2)19(22)11-8-16-6-9-17(10-7-16)20(23)24/h3-7,9-10,14H,8,11-13H2,1-2H3,(H,23,24). The summed E-state index contributed by atoms with van der Waals surface area (Å²) in [5.41, 5.74) is 2.33. The molecule has 0 aliphatic heterocycles. The van der Waals surface area contributed by atoms with Gasteiger partial charge in [-0.2, -0.15) is 0 Å². The smallest absolute Gasteiger partial charge is 0.335 e.